The largest absolute Gasteiger partial charge is 0.497 e. The average Bonchev–Trinajstić information content (AvgIpc) is 3.26. The number of nitrogens with zero attached hydrogens (tertiary/aromatic N) is 2. The van der Waals surface area contributed by atoms with Crippen LogP contribution >= 0.6 is 0 Å². The first kappa shape index (κ1) is 17.1. The van der Waals surface area contributed by atoms with Gasteiger partial charge in [0.25, 0.3) is 5.91 Å². The third kappa shape index (κ3) is 3.46. The molecule has 2 fully saturated rings. The van der Waals surface area contributed by atoms with Crippen LogP contribution in [0.25, 0.3) is 0 Å². The number of hydrogen-bond acceptors (Lipinski definition) is 5. The Hall–Kier alpha value is -2.35. The molecule has 1 aliphatic carbocycles. The number of hydrogen-bond donors (Lipinski definition) is 1. The van der Waals surface area contributed by atoms with Crippen LogP contribution < -0.4 is 10.1 Å². The van der Waals surface area contributed by atoms with Crippen LogP contribution in [-0.4, -0.2) is 42.7 Å². The maximum Gasteiger partial charge on any atom is 0.276 e. The second-order valence-corrected chi connectivity index (χ2v) is 9.14. The van der Waals surface area contributed by atoms with Crippen LogP contribution in [0.2, 0.25) is 0 Å². The standard InChI is InChI=1S/C18H21N3O4S/c1-25-15-6-4-13(5-7-15)19-18(22)16-10-17(12-2-3-12)21(20-16)14-8-9-26(23,24)11-14/h4-7,10,12,14H,2-3,8-9,11H2,1H3,(H,19,22)/t14-/m0/s1. The summed E-state index contributed by atoms with van der Waals surface area (Å²) in [6.07, 6.45) is 2.68. The number of amides is 1. The number of ether oxygens (including phenoxy) is 1. The monoisotopic (exact) mass is 375 g/mol. The Labute approximate surface area is 152 Å². The van der Waals surface area contributed by atoms with Crippen molar-refractivity contribution in [1.82, 2.24) is 9.78 Å². The second kappa shape index (κ2) is 6.42. The molecule has 1 aromatic heterocycles. The van der Waals surface area contributed by atoms with Crippen molar-refractivity contribution in [1.29, 1.82) is 0 Å². The lowest BCUT2D eigenvalue weighted by molar-refractivity contribution is 0.102. The summed E-state index contributed by atoms with van der Waals surface area (Å²) in [7, 11) is -1.42. The third-order valence-corrected chi connectivity index (χ3v) is 6.65. The molecule has 2 aromatic rings. The molecule has 1 aliphatic heterocycles. The van der Waals surface area contributed by atoms with E-state index in [-0.39, 0.29) is 23.5 Å². The van der Waals surface area contributed by atoms with Crippen molar-refractivity contribution < 1.29 is 17.9 Å². The van der Waals surface area contributed by atoms with Crippen LogP contribution in [0.15, 0.2) is 30.3 Å². The minimum atomic E-state index is -3.01. The molecule has 2 heterocycles. The maximum absolute atomic E-state index is 12.6. The SMILES string of the molecule is COc1ccc(NC(=O)c2cc(C3CC3)n([C@H]3CCS(=O)(=O)C3)n2)cc1. The van der Waals surface area contributed by atoms with Gasteiger partial charge < -0.3 is 10.1 Å². The fraction of sp³-hybridized carbons (Fsp3) is 0.444. The van der Waals surface area contributed by atoms with Gasteiger partial charge in [-0.3, -0.25) is 9.48 Å². The lowest BCUT2D eigenvalue weighted by Gasteiger charge is -2.12. The van der Waals surface area contributed by atoms with E-state index < -0.39 is 9.84 Å². The van der Waals surface area contributed by atoms with Gasteiger partial charge in [0.2, 0.25) is 0 Å². The molecule has 0 radical (unpaired) electrons. The number of rotatable bonds is 5. The first-order valence-corrected chi connectivity index (χ1v) is 10.5. The van der Waals surface area contributed by atoms with Gasteiger partial charge in [-0.1, -0.05) is 0 Å². The number of sulfone groups is 1. The molecule has 138 valence electrons. The van der Waals surface area contributed by atoms with E-state index in [2.05, 4.69) is 10.4 Å². The first-order chi connectivity index (χ1) is 12.4. The predicted octanol–water partition coefficient (Wildman–Crippen LogP) is 2.38. The molecule has 26 heavy (non-hydrogen) atoms. The van der Waals surface area contributed by atoms with Crippen molar-refractivity contribution in [2.45, 2.75) is 31.2 Å². The summed E-state index contributed by atoms with van der Waals surface area (Å²) in [5.41, 5.74) is 1.96. The Kier molecular flexibility index (Phi) is 4.22. The van der Waals surface area contributed by atoms with Crippen molar-refractivity contribution in [2.75, 3.05) is 23.9 Å². The Morgan fingerprint density at radius 2 is 1.96 bits per heavy atom. The van der Waals surface area contributed by atoms with E-state index in [4.69, 9.17) is 4.74 Å². The van der Waals surface area contributed by atoms with E-state index in [0.717, 1.165) is 18.5 Å². The molecule has 1 atom stereocenters. The van der Waals surface area contributed by atoms with Gasteiger partial charge >= 0.3 is 0 Å². The molecule has 0 bridgehead atoms. The molecule has 8 heteroatoms. The first-order valence-electron chi connectivity index (χ1n) is 8.70. The number of carbonyl (C=O) groups excluding carboxylic acids is 1. The molecule has 4 rings (SSSR count). The number of carbonyl (C=O) groups is 1. The topological polar surface area (TPSA) is 90.3 Å². The van der Waals surface area contributed by atoms with Gasteiger partial charge in [0.05, 0.1) is 24.7 Å². The molecule has 0 unspecified atom stereocenters. The molecule has 1 saturated heterocycles. The van der Waals surface area contributed by atoms with E-state index in [0.29, 0.717) is 29.5 Å². The van der Waals surface area contributed by atoms with Gasteiger partial charge in [-0.2, -0.15) is 5.10 Å². The van der Waals surface area contributed by atoms with Gasteiger partial charge in [-0.15, -0.1) is 0 Å². The molecule has 0 spiro atoms. The van der Waals surface area contributed by atoms with Gasteiger partial charge in [0, 0.05) is 17.3 Å². The Balaban J connectivity index is 1.56. The zero-order chi connectivity index (χ0) is 18.3. The number of aromatic nitrogens is 2. The second-order valence-electron chi connectivity index (χ2n) is 6.91. The van der Waals surface area contributed by atoms with Gasteiger partial charge in [0.15, 0.2) is 15.5 Å². The molecule has 1 N–H and O–H groups in total. The van der Waals surface area contributed by atoms with Crippen LogP contribution in [-0.2, 0) is 9.84 Å². The van der Waals surface area contributed by atoms with Gasteiger partial charge in [0.1, 0.15) is 5.75 Å². The number of methoxy groups -OCH3 is 1. The Morgan fingerprint density at radius 1 is 1.23 bits per heavy atom. The quantitative estimate of drug-likeness (QED) is 0.866. The molecule has 1 saturated carbocycles. The van der Waals surface area contributed by atoms with Crippen molar-refractivity contribution in [3.63, 3.8) is 0 Å². The number of benzene rings is 1. The molecule has 7 nitrogen and oxygen atoms in total. The highest BCUT2D eigenvalue weighted by molar-refractivity contribution is 7.91. The van der Waals surface area contributed by atoms with Crippen molar-refractivity contribution in [2.24, 2.45) is 0 Å². The Bertz CT molecular complexity index is 930. The van der Waals surface area contributed by atoms with Crippen molar-refractivity contribution >= 4 is 21.4 Å². The predicted molar refractivity (Wildman–Crippen MR) is 97.5 cm³/mol. The normalized spacial score (nSPS) is 21.5. The molecular weight excluding hydrogens is 354 g/mol. The number of nitrogens with one attached hydrogen (secondary N) is 1. The highest BCUT2D eigenvalue weighted by atomic mass is 32.2. The average molecular weight is 375 g/mol. The van der Waals surface area contributed by atoms with Crippen LogP contribution in [0.3, 0.4) is 0 Å². The van der Waals surface area contributed by atoms with E-state index in [9.17, 15) is 13.2 Å². The lowest BCUT2D eigenvalue weighted by atomic mass is 10.2. The Morgan fingerprint density at radius 3 is 2.54 bits per heavy atom. The summed E-state index contributed by atoms with van der Waals surface area (Å²) < 4.78 is 30.5. The zero-order valence-corrected chi connectivity index (χ0v) is 15.3. The molecule has 1 amide bonds. The van der Waals surface area contributed by atoms with Crippen molar-refractivity contribution in [3.8, 4) is 5.75 Å². The summed E-state index contributed by atoms with van der Waals surface area (Å²) in [6.45, 7) is 0. The highest BCUT2D eigenvalue weighted by Crippen LogP contribution is 2.42. The fourth-order valence-corrected chi connectivity index (χ4v) is 5.03. The van der Waals surface area contributed by atoms with E-state index in [1.165, 1.54) is 0 Å². The summed E-state index contributed by atoms with van der Waals surface area (Å²) in [6, 6.07) is 8.71. The summed E-state index contributed by atoms with van der Waals surface area (Å²) in [5.74, 6) is 1.10. The summed E-state index contributed by atoms with van der Waals surface area (Å²) in [5, 5.41) is 7.29. The summed E-state index contributed by atoms with van der Waals surface area (Å²) in [4.78, 5) is 12.6. The van der Waals surface area contributed by atoms with E-state index >= 15 is 0 Å². The lowest BCUT2D eigenvalue weighted by Crippen LogP contribution is -2.17. The molecule has 1 aromatic carbocycles. The maximum atomic E-state index is 12.6. The zero-order valence-electron chi connectivity index (χ0n) is 14.5. The van der Waals surface area contributed by atoms with Crippen molar-refractivity contribution in [3.05, 3.63) is 41.7 Å². The van der Waals surface area contributed by atoms with Crippen LogP contribution in [0.1, 0.15) is 47.4 Å². The van der Waals surface area contributed by atoms with E-state index in [1.54, 1.807) is 36.1 Å². The van der Waals surface area contributed by atoms with E-state index in [1.807, 2.05) is 6.07 Å². The highest BCUT2D eigenvalue weighted by Gasteiger charge is 2.36. The molecule has 2 aliphatic rings. The molecular formula is C18H21N3O4S. The van der Waals surface area contributed by atoms with Crippen LogP contribution in [0.4, 0.5) is 5.69 Å². The summed E-state index contributed by atoms with van der Waals surface area (Å²) >= 11 is 0. The minimum absolute atomic E-state index is 0.105. The van der Waals surface area contributed by atoms with Gasteiger partial charge in [-0.25, -0.2) is 8.42 Å². The fourth-order valence-electron chi connectivity index (χ4n) is 3.33. The van der Waals surface area contributed by atoms with Crippen LogP contribution in [0.5, 0.6) is 5.75 Å². The van der Waals surface area contributed by atoms with Crippen LogP contribution in [0, 0.1) is 0 Å². The number of anilines is 1. The van der Waals surface area contributed by atoms with Gasteiger partial charge in [-0.05, 0) is 49.6 Å². The third-order valence-electron chi connectivity index (χ3n) is 4.90. The smallest absolute Gasteiger partial charge is 0.276 e. The minimum Gasteiger partial charge on any atom is -0.497 e.